The summed E-state index contributed by atoms with van der Waals surface area (Å²) in [5, 5.41) is 7.34. The lowest BCUT2D eigenvalue weighted by Crippen LogP contribution is -2.48. The number of amides is 1. The van der Waals surface area contributed by atoms with Crippen LogP contribution in [0.25, 0.3) is 11.3 Å². The van der Waals surface area contributed by atoms with Gasteiger partial charge in [-0.25, -0.2) is 8.78 Å². The van der Waals surface area contributed by atoms with E-state index in [9.17, 15) is 13.6 Å². The maximum atomic E-state index is 14.0. The SMILES string of the molecule is O=C(c1cc(-c2ccc(F)cc2)n[nH]1)N1CCN(Cc2c(F)cccc2Cl)CC1. The Balaban J connectivity index is 1.37. The van der Waals surface area contributed by atoms with Gasteiger partial charge in [-0.1, -0.05) is 17.7 Å². The van der Waals surface area contributed by atoms with E-state index in [1.165, 1.54) is 18.2 Å². The minimum absolute atomic E-state index is 0.144. The zero-order valence-corrected chi connectivity index (χ0v) is 16.3. The van der Waals surface area contributed by atoms with Crippen LogP contribution in [0.3, 0.4) is 0 Å². The van der Waals surface area contributed by atoms with Crippen molar-refractivity contribution in [2.75, 3.05) is 26.2 Å². The number of H-pyrrole nitrogens is 1. The molecule has 2 aromatic carbocycles. The Morgan fingerprint density at radius 3 is 2.48 bits per heavy atom. The highest BCUT2D eigenvalue weighted by molar-refractivity contribution is 6.31. The summed E-state index contributed by atoms with van der Waals surface area (Å²) >= 11 is 6.11. The van der Waals surface area contributed by atoms with Crippen LogP contribution >= 0.6 is 11.6 Å². The number of hydrogen-bond donors (Lipinski definition) is 1. The number of rotatable bonds is 4. The van der Waals surface area contributed by atoms with Gasteiger partial charge < -0.3 is 4.90 Å². The van der Waals surface area contributed by atoms with Crippen molar-refractivity contribution >= 4 is 17.5 Å². The molecule has 5 nitrogen and oxygen atoms in total. The number of nitrogens with zero attached hydrogens (tertiary/aromatic N) is 3. The smallest absolute Gasteiger partial charge is 0.271 e. The van der Waals surface area contributed by atoms with E-state index in [1.54, 1.807) is 35.2 Å². The number of carbonyl (C=O) groups is 1. The Morgan fingerprint density at radius 1 is 1.07 bits per heavy atom. The van der Waals surface area contributed by atoms with Crippen LogP contribution in [-0.2, 0) is 6.54 Å². The first-order valence-corrected chi connectivity index (χ1v) is 9.65. The number of nitrogens with one attached hydrogen (secondary N) is 1. The molecule has 29 heavy (non-hydrogen) atoms. The maximum absolute atomic E-state index is 14.0. The van der Waals surface area contributed by atoms with Crippen LogP contribution in [0.2, 0.25) is 5.02 Å². The van der Waals surface area contributed by atoms with Crippen LogP contribution in [0.4, 0.5) is 8.78 Å². The molecule has 1 amide bonds. The molecule has 0 atom stereocenters. The number of carbonyl (C=O) groups excluding carboxylic acids is 1. The molecule has 1 aromatic heterocycles. The maximum Gasteiger partial charge on any atom is 0.271 e. The molecule has 1 fully saturated rings. The number of benzene rings is 2. The van der Waals surface area contributed by atoms with Gasteiger partial charge in [-0.3, -0.25) is 14.8 Å². The van der Waals surface area contributed by atoms with Crippen molar-refractivity contribution in [2.24, 2.45) is 0 Å². The van der Waals surface area contributed by atoms with E-state index in [2.05, 4.69) is 15.1 Å². The second kappa shape index (κ2) is 8.31. The zero-order chi connectivity index (χ0) is 20.4. The lowest BCUT2D eigenvalue weighted by Gasteiger charge is -2.34. The van der Waals surface area contributed by atoms with Crippen molar-refractivity contribution in [1.82, 2.24) is 20.0 Å². The van der Waals surface area contributed by atoms with Gasteiger partial charge in [0, 0.05) is 48.9 Å². The van der Waals surface area contributed by atoms with Gasteiger partial charge >= 0.3 is 0 Å². The second-order valence-electron chi connectivity index (χ2n) is 6.94. The Hall–Kier alpha value is -2.77. The molecular weight excluding hydrogens is 398 g/mol. The minimum atomic E-state index is -0.324. The average molecular weight is 417 g/mol. The topological polar surface area (TPSA) is 52.2 Å². The third kappa shape index (κ3) is 4.31. The highest BCUT2D eigenvalue weighted by Crippen LogP contribution is 2.22. The Bertz CT molecular complexity index is 994. The molecule has 1 aliphatic heterocycles. The number of halogens is 3. The fourth-order valence-electron chi connectivity index (χ4n) is 3.39. The van der Waals surface area contributed by atoms with E-state index < -0.39 is 0 Å². The van der Waals surface area contributed by atoms with Crippen molar-refractivity contribution in [1.29, 1.82) is 0 Å². The van der Waals surface area contributed by atoms with Gasteiger partial charge in [-0.2, -0.15) is 5.10 Å². The third-order valence-corrected chi connectivity index (χ3v) is 5.41. The summed E-state index contributed by atoms with van der Waals surface area (Å²) < 4.78 is 27.1. The molecule has 8 heteroatoms. The Labute approximate surface area is 171 Å². The van der Waals surface area contributed by atoms with E-state index in [0.717, 1.165) is 5.56 Å². The number of aromatic nitrogens is 2. The molecule has 0 aliphatic carbocycles. The van der Waals surface area contributed by atoms with Gasteiger partial charge in [0.25, 0.3) is 5.91 Å². The highest BCUT2D eigenvalue weighted by atomic mass is 35.5. The monoisotopic (exact) mass is 416 g/mol. The van der Waals surface area contributed by atoms with Crippen LogP contribution in [0.1, 0.15) is 16.1 Å². The third-order valence-electron chi connectivity index (χ3n) is 5.05. The predicted molar refractivity (Wildman–Crippen MR) is 107 cm³/mol. The van der Waals surface area contributed by atoms with E-state index >= 15 is 0 Å². The van der Waals surface area contributed by atoms with E-state index in [0.29, 0.717) is 54.7 Å². The predicted octanol–water partition coefficient (Wildman–Crippen LogP) is 3.97. The summed E-state index contributed by atoms with van der Waals surface area (Å²) in [5.74, 6) is -0.786. The summed E-state index contributed by atoms with van der Waals surface area (Å²) in [6.07, 6.45) is 0. The van der Waals surface area contributed by atoms with Crippen LogP contribution in [0, 0.1) is 11.6 Å². The van der Waals surface area contributed by atoms with Gasteiger partial charge in [0.15, 0.2) is 0 Å². The summed E-state index contributed by atoms with van der Waals surface area (Å²) in [4.78, 5) is 16.6. The summed E-state index contributed by atoms with van der Waals surface area (Å²) in [5.41, 5.74) is 2.18. The van der Waals surface area contributed by atoms with Gasteiger partial charge in [0.05, 0.1) is 5.69 Å². The lowest BCUT2D eigenvalue weighted by atomic mass is 10.1. The van der Waals surface area contributed by atoms with E-state index in [-0.39, 0.29) is 17.5 Å². The average Bonchev–Trinajstić information content (AvgIpc) is 3.21. The summed E-state index contributed by atoms with van der Waals surface area (Å²) in [6.45, 7) is 2.70. The first kappa shape index (κ1) is 19.5. The van der Waals surface area contributed by atoms with Gasteiger partial charge in [-0.05, 0) is 42.5 Å². The molecule has 1 aliphatic rings. The largest absolute Gasteiger partial charge is 0.335 e. The first-order chi connectivity index (χ1) is 14.0. The quantitative estimate of drug-likeness (QED) is 0.700. The fraction of sp³-hybridized carbons (Fsp3) is 0.238. The Kier molecular flexibility index (Phi) is 5.60. The van der Waals surface area contributed by atoms with Crippen molar-refractivity contribution in [2.45, 2.75) is 6.54 Å². The van der Waals surface area contributed by atoms with Crippen LogP contribution in [-0.4, -0.2) is 52.1 Å². The second-order valence-corrected chi connectivity index (χ2v) is 7.35. The number of hydrogen-bond acceptors (Lipinski definition) is 3. The lowest BCUT2D eigenvalue weighted by molar-refractivity contribution is 0.0621. The Morgan fingerprint density at radius 2 is 1.79 bits per heavy atom. The number of aromatic amines is 1. The molecule has 150 valence electrons. The molecule has 2 heterocycles. The molecule has 1 N–H and O–H groups in total. The normalized spacial score (nSPS) is 14.9. The van der Waals surface area contributed by atoms with Crippen LogP contribution < -0.4 is 0 Å². The van der Waals surface area contributed by atoms with Crippen molar-refractivity contribution in [3.63, 3.8) is 0 Å². The molecule has 0 radical (unpaired) electrons. The molecule has 3 aromatic rings. The fourth-order valence-corrected chi connectivity index (χ4v) is 3.61. The van der Waals surface area contributed by atoms with Crippen molar-refractivity contribution < 1.29 is 13.6 Å². The van der Waals surface area contributed by atoms with Crippen LogP contribution in [0.15, 0.2) is 48.5 Å². The first-order valence-electron chi connectivity index (χ1n) is 9.27. The number of piperazine rings is 1. The van der Waals surface area contributed by atoms with Gasteiger partial charge in [-0.15, -0.1) is 0 Å². The van der Waals surface area contributed by atoms with Crippen molar-refractivity contribution in [3.05, 3.63) is 76.4 Å². The molecule has 1 saturated heterocycles. The summed E-state index contributed by atoms with van der Waals surface area (Å²) in [7, 11) is 0. The highest BCUT2D eigenvalue weighted by Gasteiger charge is 2.24. The van der Waals surface area contributed by atoms with E-state index in [1.807, 2.05) is 0 Å². The molecule has 0 bridgehead atoms. The molecule has 0 unspecified atom stereocenters. The zero-order valence-electron chi connectivity index (χ0n) is 15.5. The van der Waals surface area contributed by atoms with Crippen molar-refractivity contribution in [3.8, 4) is 11.3 Å². The minimum Gasteiger partial charge on any atom is -0.335 e. The summed E-state index contributed by atoms with van der Waals surface area (Å²) in [6, 6.07) is 12.3. The van der Waals surface area contributed by atoms with E-state index in [4.69, 9.17) is 11.6 Å². The van der Waals surface area contributed by atoms with Gasteiger partial charge in [0.1, 0.15) is 17.3 Å². The molecule has 0 spiro atoms. The van der Waals surface area contributed by atoms with Crippen LogP contribution in [0.5, 0.6) is 0 Å². The van der Waals surface area contributed by atoms with Gasteiger partial charge in [0.2, 0.25) is 0 Å². The standard InChI is InChI=1S/C21H19ClF2N4O/c22-17-2-1-3-18(24)16(17)13-27-8-10-28(11-9-27)21(29)20-12-19(25-26-20)14-4-6-15(23)7-5-14/h1-7,12H,8-11,13H2,(H,25,26). The molecule has 0 saturated carbocycles. The molecule has 4 rings (SSSR count). The molecular formula is C21H19ClF2N4O.